The Hall–Kier alpha value is -0.950. The molecule has 0 aliphatic heterocycles. The van der Waals surface area contributed by atoms with Gasteiger partial charge in [0.25, 0.3) is 0 Å². The Morgan fingerprint density at radius 2 is 1.79 bits per heavy atom. The smallest absolute Gasteiger partial charge is 0.242 e. The maximum absolute atomic E-state index is 12.3. The second-order valence-corrected chi connectivity index (χ2v) is 7.29. The fourth-order valence-corrected chi connectivity index (χ4v) is 3.12. The molecule has 0 fully saturated rings. The summed E-state index contributed by atoms with van der Waals surface area (Å²) < 4.78 is 25.7. The molecular formula is C13H22N2O3S. The van der Waals surface area contributed by atoms with Gasteiger partial charge in [-0.15, -0.1) is 0 Å². The summed E-state index contributed by atoms with van der Waals surface area (Å²) in [6.07, 6.45) is 0. The third kappa shape index (κ3) is 4.58. The van der Waals surface area contributed by atoms with Crippen LogP contribution in [0.5, 0.6) is 0 Å². The quantitative estimate of drug-likeness (QED) is 0.811. The third-order valence-electron chi connectivity index (χ3n) is 2.62. The van der Waals surface area contributed by atoms with Crippen LogP contribution in [0, 0.1) is 0 Å². The van der Waals surface area contributed by atoms with Gasteiger partial charge in [-0.2, -0.15) is 4.31 Å². The van der Waals surface area contributed by atoms with E-state index >= 15 is 0 Å². The number of benzene rings is 1. The molecule has 0 spiro atoms. The van der Waals surface area contributed by atoms with Crippen LogP contribution in [-0.4, -0.2) is 44.1 Å². The Kier molecular flexibility index (Phi) is 5.09. The normalized spacial score (nSPS) is 12.9. The standard InChI is InChI=1S/C13H22N2O3S/c1-13(2,16)10-15(4)19(17,18)12-7-5-11(6-8-12)9-14-3/h5-8,14,16H,9-10H2,1-4H3. The average molecular weight is 286 g/mol. The Balaban J connectivity index is 2.93. The van der Waals surface area contributed by atoms with Gasteiger partial charge in [-0.3, -0.25) is 0 Å². The van der Waals surface area contributed by atoms with Crippen molar-refractivity contribution >= 4 is 10.0 Å². The first-order valence-electron chi connectivity index (χ1n) is 6.09. The lowest BCUT2D eigenvalue weighted by Crippen LogP contribution is -2.39. The maximum atomic E-state index is 12.3. The minimum atomic E-state index is -3.55. The number of aliphatic hydroxyl groups is 1. The molecule has 0 heterocycles. The number of likely N-dealkylation sites (N-methyl/N-ethyl adjacent to an activating group) is 1. The van der Waals surface area contributed by atoms with E-state index in [9.17, 15) is 13.5 Å². The van der Waals surface area contributed by atoms with Gasteiger partial charge in [0.1, 0.15) is 0 Å². The van der Waals surface area contributed by atoms with E-state index in [2.05, 4.69) is 5.32 Å². The van der Waals surface area contributed by atoms with Crippen molar-refractivity contribution in [3.8, 4) is 0 Å². The summed E-state index contributed by atoms with van der Waals surface area (Å²) in [5.74, 6) is 0. The number of hydrogen-bond acceptors (Lipinski definition) is 4. The molecule has 2 N–H and O–H groups in total. The molecule has 0 amide bonds. The molecule has 1 aromatic rings. The van der Waals surface area contributed by atoms with Crippen molar-refractivity contribution in [1.82, 2.24) is 9.62 Å². The molecule has 0 aromatic heterocycles. The SMILES string of the molecule is CNCc1ccc(S(=O)(=O)N(C)CC(C)(C)O)cc1. The second kappa shape index (κ2) is 6.00. The van der Waals surface area contributed by atoms with Crippen LogP contribution in [0.2, 0.25) is 0 Å². The highest BCUT2D eigenvalue weighted by atomic mass is 32.2. The van der Waals surface area contributed by atoms with Gasteiger partial charge in [0, 0.05) is 20.1 Å². The molecule has 1 rings (SSSR count). The van der Waals surface area contributed by atoms with Gasteiger partial charge in [-0.1, -0.05) is 12.1 Å². The summed E-state index contributed by atoms with van der Waals surface area (Å²) >= 11 is 0. The number of rotatable bonds is 6. The number of nitrogens with zero attached hydrogens (tertiary/aromatic N) is 1. The molecular weight excluding hydrogens is 264 g/mol. The van der Waals surface area contributed by atoms with Gasteiger partial charge in [0.05, 0.1) is 10.5 Å². The molecule has 19 heavy (non-hydrogen) atoms. The van der Waals surface area contributed by atoms with Crippen LogP contribution in [0.4, 0.5) is 0 Å². The largest absolute Gasteiger partial charge is 0.389 e. The molecule has 0 saturated heterocycles. The van der Waals surface area contributed by atoms with E-state index in [1.807, 2.05) is 7.05 Å². The van der Waals surface area contributed by atoms with Crippen molar-refractivity contribution in [1.29, 1.82) is 0 Å². The van der Waals surface area contributed by atoms with Gasteiger partial charge in [-0.05, 0) is 38.6 Å². The van der Waals surface area contributed by atoms with Crippen LogP contribution >= 0.6 is 0 Å². The first-order chi connectivity index (χ1) is 8.66. The molecule has 6 heteroatoms. The molecule has 0 aliphatic rings. The molecule has 1 aromatic carbocycles. The zero-order valence-corrected chi connectivity index (χ0v) is 12.7. The van der Waals surface area contributed by atoms with Gasteiger partial charge in [0.2, 0.25) is 10.0 Å². The molecule has 5 nitrogen and oxygen atoms in total. The van der Waals surface area contributed by atoms with Gasteiger partial charge >= 0.3 is 0 Å². The zero-order valence-electron chi connectivity index (χ0n) is 11.8. The topological polar surface area (TPSA) is 69.6 Å². The molecule has 0 saturated carbocycles. The van der Waals surface area contributed by atoms with Gasteiger partial charge in [0.15, 0.2) is 0 Å². The van der Waals surface area contributed by atoms with E-state index in [-0.39, 0.29) is 11.4 Å². The Bertz CT molecular complexity index is 504. The van der Waals surface area contributed by atoms with Gasteiger partial charge in [-0.25, -0.2) is 8.42 Å². The summed E-state index contributed by atoms with van der Waals surface area (Å²) in [5, 5.41) is 12.7. The Labute approximate surface area is 115 Å². The minimum absolute atomic E-state index is 0.0492. The summed E-state index contributed by atoms with van der Waals surface area (Å²) in [6.45, 7) is 3.90. The first-order valence-corrected chi connectivity index (χ1v) is 7.53. The highest BCUT2D eigenvalue weighted by Crippen LogP contribution is 2.17. The molecule has 0 unspecified atom stereocenters. The summed E-state index contributed by atoms with van der Waals surface area (Å²) in [5.41, 5.74) is -0.0416. The van der Waals surface area contributed by atoms with Gasteiger partial charge < -0.3 is 10.4 Å². The molecule has 0 radical (unpaired) electrons. The zero-order chi connectivity index (χ0) is 14.7. The van der Waals surface area contributed by atoms with E-state index in [1.165, 1.54) is 11.4 Å². The summed E-state index contributed by atoms with van der Waals surface area (Å²) in [7, 11) is -0.249. The molecule has 108 valence electrons. The van der Waals surface area contributed by atoms with Crippen molar-refractivity contribution < 1.29 is 13.5 Å². The first kappa shape index (κ1) is 16.1. The van der Waals surface area contributed by atoms with Crippen molar-refractivity contribution in [3.63, 3.8) is 0 Å². The fourth-order valence-electron chi connectivity index (χ4n) is 1.79. The van der Waals surface area contributed by atoms with E-state index in [1.54, 1.807) is 38.1 Å². The Morgan fingerprint density at radius 1 is 1.26 bits per heavy atom. The fraction of sp³-hybridized carbons (Fsp3) is 0.538. The lowest BCUT2D eigenvalue weighted by atomic mass is 10.1. The molecule has 0 aliphatic carbocycles. The van der Waals surface area contributed by atoms with Crippen molar-refractivity contribution in [2.45, 2.75) is 30.9 Å². The lowest BCUT2D eigenvalue weighted by molar-refractivity contribution is 0.0640. The third-order valence-corrected chi connectivity index (χ3v) is 4.44. The predicted octanol–water partition coefficient (Wildman–Crippen LogP) is 0.797. The van der Waals surface area contributed by atoms with Crippen LogP contribution in [0.1, 0.15) is 19.4 Å². The molecule has 0 atom stereocenters. The lowest BCUT2D eigenvalue weighted by Gasteiger charge is -2.25. The minimum Gasteiger partial charge on any atom is -0.389 e. The van der Waals surface area contributed by atoms with E-state index in [0.717, 1.165) is 5.56 Å². The number of nitrogens with one attached hydrogen (secondary N) is 1. The summed E-state index contributed by atoms with van der Waals surface area (Å²) in [6, 6.07) is 6.73. The monoisotopic (exact) mass is 286 g/mol. The molecule has 0 bridgehead atoms. The number of sulfonamides is 1. The maximum Gasteiger partial charge on any atom is 0.242 e. The summed E-state index contributed by atoms with van der Waals surface area (Å²) in [4.78, 5) is 0.235. The van der Waals surface area contributed by atoms with Crippen molar-refractivity contribution in [2.75, 3.05) is 20.6 Å². The van der Waals surface area contributed by atoms with Crippen LogP contribution < -0.4 is 5.32 Å². The van der Waals surface area contributed by atoms with Crippen molar-refractivity contribution in [2.24, 2.45) is 0 Å². The number of hydrogen-bond donors (Lipinski definition) is 2. The van der Waals surface area contributed by atoms with Crippen LogP contribution in [0.25, 0.3) is 0 Å². The Morgan fingerprint density at radius 3 is 2.21 bits per heavy atom. The van der Waals surface area contributed by atoms with E-state index in [4.69, 9.17) is 0 Å². The van der Waals surface area contributed by atoms with Crippen molar-refractivity contribution in [3.05, 3.63) is 29.8 Å². The highest BCUT2D eigenvalue weighted by Gasteiger charge is 2.26. The highest BCUT2D eigenvalue weighted by molar-refractivity contribution is 7.89. The van der Waals surface area contributed by atoms with Crippen LogP contribution in [0.15, 0.2) is 29.2 Å². The van der Waals surface area contributed by atoms with Crippen LogP contribution in [-0.2, 0) is 16.6 Å². The van der Waals surface area contributed by atoms with E-state index in [0.29, 0.717) is 6.54 Å². The van der Waals surface area contributed by atoms with Crippen LogP contribution in [0.3, 0.4) is 0 Å². The average Bonchev–Trinajstić information content (AvgIpc) is 2.28. The van der Waals surface area contributed by atoms with E-state index < -0.39 is 15.6 Å². The second-order valence-electron chi connectivity index (χ2n) is 5.25. The predicted molar refractivity (Wildman–Crippen MR) is 75.3 cm³/mol.